The summed E-state index contributed by atoms with van der Waals surface area (Å²) >= 11 is 1.61. The zero-order valence-corrected chi connectivity index (χ0v) is 15.4. The zero-order valence-electron chi connectivity index (χ0n) is 14.6. The van der Waals surface area contributed by atoms with Crippen molar-refractivity contribution in [2.75, 3.05) is 20.1 Å². The predicted molar refractivity (Wildman–Crippen MR) is 100 cm³/mol. The van der Waals surface area contributed by atoms with E-state index in [4.69, 9.17) is 4.98 Å². The van der Waals surface area contributed by atoms with Crippen LogP contribution in [0.4, 0.5) is 0 Å². The lowest BCUT2D eigenvalue weighted by Crippen LogP contribution is -2.40. The number of amides is 1. The number of carbonyl (C=O) groups excluding carboxylic acids is 1. The maximum Gasteiger partial charge on any atom is 0.251 e. The molecule has 1 saturated heterocycles. The number of nitrogens with zero attached hydrogens (tertiary/aromatic N) is 2. The number of thiazole rings is 1. The Morgan fingerprint density at radius 2 is 2.12 bits per heavy atom. The van der Waals surface area contributed by atoms with E-state index in [1.807, 2.05) is 25.2 Å². The molecule has 2 N–H and O–H groups in total. The normalized spacial score (nSPS) is 25.5. The smallest absolute Gasteiger partial charge is 0.251 e. The van der Waals surface area contributed by atoms with E-state index in [0.29, 0.717) is 18.2 Å². The lowest BCUT2D eigenvalue weighted by atomic mass is 9.95. The second kappa shape index (κ2) is 7.02. The fraction of sp³-hybridized carbons (Fsp3) is 0.579. The summed E-state index contributed by atoms with van der Waals surface area (Å²) in [6, 6.07) is 6.07. The van der Waals surface area contributed by atoms with Crippen molar-refractivity contribution in [1.82, 2.24) is 15.2 Å². The molecule has 6 heteroatoms. The number of benzene rings is 1. The first kappa shape index (κ1) is 16.9. The van der Waals surface area contributed by atoms with Crippen LogP contribution in [0.2, 0.25) is 0 Å². The van der Waals surface area contributed by atoms with Gasteiger partial charge in [0, 0.05) is 24.1 Å². The Hall–Kier alpha value is -1.50. The second-order valence-electron chi connectivity index (χ2n) is 7.41. The zero-order chi connectivity index (χ0) is 17.4. The first-order valence-corrected chi connectivity index (χ1v) is 10.00. The highest BCUT2D eigenvalue weighted by molar-refractivity contribution is 7.18. The van der Waals surface area contributed by atoms with Crippen LogP contribution in [0.3, 0.4) is 0 Å². The van der Waals surface area contributed by atoms with Crippen LogP contribution >= 0.6 is 11.3 Å². The van der Waals surface area contributed by atoms with Crippen LogP contribution in [0.15, 0.2) is 18.2 Å². The molecule has 1 aliphatic carbocycles. The van der Waals surface area contributed by atoms with Crippen molar-refractivity contribution in [3.63, 3.8) is 0 Å². The van der Waals surface area contributed by atoms with E-state index in [9.17, 15) is 9.90 Å². The highest BCUT2D eigenvalue weighted by Gasteiger charge is 2.29. The van der Waals surface area contributed by atoms with Crippen LogP contribution in [0.5, 0.6) is 0 Å². The summed E-state index contributed by atoms with van der Waals surface area (Å²) in [7, 11) is 2.03. The molecular formula is C19H25N3O2S. The summed E-state index contributed by atoms with van der Waals surface area (Å²) in [5, 5.41) is 14.5. The van der Waals surface area contributed by atoms with E-state index in [2.05, 4.69) is 10.2 Å². The number of likely N-dealkylation sites (tertiary alicyclic amines) is 1. The minimum atomic E-state index is -0.371. The van der Waals surface area contributed by atoms with Crippen LogP contribution in [-0.2, 0) is 0 Å². The average Bonchev–Trinajstić information content (AvgIpc) is 3.23. The fourth-order valence-corrected chi connectivity index (χ4v) is 5.16. The molecule has 1 saturated carbocycles. The number of carbonyl (C=O) groups is 1. The molecule has 25 heavy (non-hydrogen) atoms. The molecule has 5 nitrogen and oxygen atoms in total. The van der Waals surface area contributed by atoms with Gasteiger partial charge in [-0.3, -0.25) is 4.79 Å². The van der Waals surface area contributed by atoms with Crippen molar-refractivity contribution in [3.05, 3.63) is 28.8 Å². The maximum atomic E-state index is 12.5. The average molecular weight is 359 g/mol. The molecule has 2 fully saturated rings. The molecular weight excluding hydrogens is 334 g/mol. The van der Waals surface area contributed by atoms with Crippen molar-refractivity contribution >= 4 is 27.5 Å². The first-order valence-electron chi connectivity index (χ1n) is 9.18. The summed E-state index contributed by atoms with van der Waals surface area (Å²) in [6.07, 6.45) is 5.15. The molecule has 4 rings (SSSR count). The number of hydrogen-bond donors (Lipinski definition) is 2. The van der Waals surface area contributed by atoms with Gasteiger partial charge in [0.15, 0.2) is 0 Å². The Balaban J connectivity index is 1.53. The van der Waals surface area contributed by atoms with Gasteiger partial charge in [0.25, 0.3) is 5.91 Å². The van der Waals surface area contributed by atoms with Gasteiger partial charge in [-0.25, -0.2) is 4.98 Å². The van der Waals surface area contributed by atoms with Gasteiger partial charge in [0.2, 0.25) is 0 Å². The van der Waals surface area contributed by atoms with E-state index >= 15 is 0 Å². The molecule has 1 aliphatic heterocycles. The number of aliphatic hydroxyl groups excluding tert-OH is 1. The van der Waals surface area contributed by atoms with Crippen molar-refractivity contribution in [2.45, 2.75) is 50.2 Å². The molecule has 0 unspecified atom stereocenters. The number of β-amino-alcohol motifs (C(OH)–C–C–N with tert-alkyl or cyclic N) is 1. The third-order valence-corrected chi connectivity index (χ3v) is 6.61. The lowest BCUT2D eigenvalue weighted by molar-refractivity contribution is 0.0638. The SMILES string of the molecule is CN1CC[C@@H](c2nc3ccc(C(=O)NC4CCCC4)cc3s2)[C@H](O)C1. The van der Waals surface area contributed by atoms with Gasteiger partial charge in [-0.05, 0) is 51.1 Å². The number of aromatic nitrogens is 1. The van der Waals surface area contributed by atoms with Crippen molar-refractivity contribution in [3.8, 4) is 0 Å². The third-order valence-electron chi connectivity index (χ3n) is 5.46. The molecule has 134 valence electrons. The molecule has 0 bridgehead atoms. The maximum absolute atomic E-state index is 12.5. The van der Waals surface area contributed by atoms with Gasteiger partial charge in [0.1, 0.15) is 0 Å². The second-order valence-corrected chi connectivity index (χ2v) is 8.48. The number of nitrogens with one attached hydrogen (secondary N) is 1. The Kier molecular flexibility index (Phi) is 4.75. The Labute approximate surface area is 152 Å². The van der Waals surface area contributed by atoms with E-state index in [1.54, 1.807) is 11.3 Å². The van der Waals surface area contributed by atoms with Crippen LogP contribution in [-0.4, -0.2) is 53.2 Å². The van der Waals surface area contributed by atoms with Crippen molar-refractivity contribution < 1.29 is 9.90 Å². The summed E-state index contributed by atoms with van der Waals surface area (Å²) in [4.78, 5) is 19.3. The van der Waals surface area contributed by atoms with Gasteiger partial charge >= 0.3 is 0 Å². The standard InChI is InChI=1S/C19H25N3O2S/c1-22-9-8-14(16(23)11-22)19-21-15-7-6-12(10-17(15)25-19)18(24)20-13-4-2-3-5-13/h6-7,10,13-14,16,23H,2-5,8-9,11H2,1H3,(H,20,24)/t14-,16-/m1/s1. The van der Waals surface area contributed by atoms with E-state index in [1.165, 1.54) is 12.8 Å². The summed E-state index contributed by atoms with van der Waals surface area (Å²) < 4.78 is 1.03. The van der Waals surface area contributed by atoms with Crippen LogP contribution in [0.1, 0.15) is 53.4 Å². The summed E-state index contributed by atoms with van der Waals surface area (Å²) in [6.45, 7) is 1.67. The fourth-order valence-electron chi connectivity index (χ4n) is 3.96. The Morgan fingerprint density at radius 1 is 1.32 bits per heavy atom. The van der Waals surface area contributed by atoms with Gasteiger partial charge in [-0.1, -0.05) is 12.8 Å². The summed E-state index contributed by atoms with van der Waals surface area (Å²) in [5.41, 5.74) is 1.63. The van der Waals surface area contributed by atoms with Crippen LogP contribution < -0.4 is 5.32 Å². The molecule has 2 heterocycles. The van der Waals surface area contributed by atoms with Gasteiger partial charge in [0.05, 0.1) is 21.3 Å². The highest BCUT2D eigenvalue weighted by Crippen LogP contribution is 2.34. The van der Waals surface area contributed by atoms with E-state index in [0.717, 1.165) is 41.0 Å². The first-order chi connectivity index (χ1) is 12.1. The molecule has 2 aromatic rings. The molecule has 2 aliphatic rings. The van der Waals surface area contributed by atoms with Crippen molar-refractivity contribution in [2.24, 2.45) is 0 Å². The monoisotopic (exact) mass is 359 g/mol. The van der Waals surface area contributed by atoms with Gasteiger partial charge in [-0.15, -0.1) is 11.3 Å². The van der Waals surface area contributed by atoms with E-state index < -0.39 is 0 Å². The molecule has 2 atom stereocenters. The van der Waals surface area contributed by atoms with Crippen LogP contribution in [0, 0.1) is 0 Å². The number of aliphatic hydroxyl groups is 1. The molecule has 0 radical (unpaired) electrons. The summed E-state index contributed by atoms with van der Waals surface area (Å²) in [5.74, 6) is 0.118. The molecule has 1 aromatic carbocycles. The molecule has 0 spiro atoms. The minimum Gasteiger partial charge on any atom is -0.391 e. The van der Waals surface area contributed by atoms with Crippen molar-refractivity contribution in [1.29, 1.82) is 0 Å². The van der Waals surface area contributed by atoms with Crippen LogP contribution in [0.25, 0.3) is 10.2 Å². The Bertz CT molecular complexity index is 769. The number of hydrogen-bond acceptors (Lipinski definition) is 5. The third kappa shape index (κ3) is 3.57. The Morgan fingerprint density at radius 3 is 2.88 bits per heavy atom. The number of rotatable bonds is 3. The minimum absolute atomic E-state index is 0.0167. The number of fused-ring (bicyclic) bond motifs is 1. The topological polar surface area (TPSA) is 65.5 Å². The number of likely N-dealkylation sites (N-methyl/N-ethyl adjacent to an activating group) is 1. The van der Waals surface area contributed by atoms with Gasteiger partial charge < -0.3 is 15.3 Å². The quantitative estimate of drug-likeness (QED) is 0.884. The van der Waals surface area contributed by atoms with E-state index in [-0.39, 0.29) is 17.9 Å². The molecule has 1 aromatic heterocycles. The van der Waals surface area contributed by atoms with Gasteiger partial charge in [-0.2, -0.15) is 0 Å². The number of piperidine rings is 1. The predicted octanol–water partition coefficient (Wildman–Crippen LogP) is 2.75. The highest BCUT2D eigenvalue weighted by atomic mass is 32.1. The largest absolute Gasteiger partial charge is 0.391 e. The molecule has 1 amide bonds. The lowest BCUT2D eigenvalue weighted by Gasteiger charge is -2.32.